The van der Waals surface area contributed by atoms with Crippen LogP contribution in [0.4, 0.5) is 5.82 Å². The number of oxime groups is 1. The molecule has 0 spiro atoms. The molecule has 2 heterocycles. The number of aromatic nitrogens is 3. The molecule has 120 valence electrons. The van der Waals surface area contributed by atoms with E-state index in [9.17, 15) is 0 Å². The largest absolute Gasteiger partial charge is 0.388 e. The summed E-state index contributed by atoms with van der Waals surface area (Å²) in [5.41, 5.74) is 8.75. The van der Waals surface area contributed by atoms with Crippen molar-refractivity contribution in [2.24, 2.45) is 11.1 Å². The Morgan fingerprint density at radius 3 is 2.83 bits per heavy atom. The third-order valence-electron chi connectivity index (χ3n) is 3.61. The number of benzene rings is 1. The number of imidazole rings is 1. The number of para-hydroxylation sites is 1. The van der Waals surface area contributed by atoms with Crippen LogP contribution in [-0.4, -0.2) is 20.7 Å². The highest BCUT2D eigenvalue weighted by Gasteiger charge is 2.18. The maximum Gasteiger partial charge on any atom is 0.174 e. The van der Waals surface area contributed by atoms with E-state index in [1.54, 1.807) is 6.21 Å². The third-order valence-corrected chi connectivity index (χ3v) is 3.61. The van der Waals surface area contributed by atoms with E-state index in [1.165, 1.54) is 0 Å². The van der Waals surface area contributed by atoms with Crippen LogP contribution in [0.3, 0.4) is 0 Å². The van der Waals surface area contributed by atoms with E-state index >= 15 is 0 Å². The molecule has 2 N–H and O–H groups in total. The highest BCUT2D eigenvalue weighted by atomic mass is 16.6. The van der Waals surface area contributed by atoms with Gasteiger partial charge in [0.1, 0.15) is 5.52 Å². The zero-order valence-corrected chi connectivity index (χ0v) is 13.7. The number of hydrogen-bond donors (Lipinski definition) is 1. The van der Waals surface area contributed by atoms with Crippen molar-refractivity contribution in [1.82, 2.24) is 14.5 Å². The summed E-state index contributed by atoms with van der Waals surface area (Å²) >= 11 is 0. The average Bonchev–Trinajstić information content (AvgIpc) is 2.87. The zero-order valence-electron chi connectivity index (χ0n) is 13.7. The fourth-order valence-electron chi connectivity index (χ4n) is 2.75. The Morgan fingerprint density at radius 2 is 2.09 bits per heavy atom. The molecule has 0 saturated heterocycles. The normalized spacial score (nSPS) is 12.0. The molecule has 0 fully saturated rings. The topological polar surface area (TPSA) is 78.3 Å². The van der Waals surface area contributed by atoms with Crippen LogP contribution in [0.5, 0.6) is 0 Å². The van der Waals surface area contributed by atoms with Crippen LogP contribution in [0.15, 0.2) is 29.4 Å². The van der Waals surface area contributed by atoms with Crippen LogP contribution in [-0.2, 0) is 18.0 Å². The molecule has 0 aliphatic rings. The van der Waals surface area contributed by atoms with E-state index in [0.717, 1.165) is 34.3 Å². The Bertz CT molecular complexity index is 866. The smallest absolute Gasteiger partial charge is 0.174 e. The van der Waals surface area contributed by atoms with Gasteiger partial charge in [-0.25, -0.2) is 9.97 Å². The van der Waals surface area contributed by atoms with Crippen LogP contribution in [0.2, 0.25) is 0 Å². The SMILES string of the molecule is C/C=N/OCc1nc2c(N)nc3ccccc3c2n1CC(C)C. The first-order chi connectivity index (χ1) is 11.1. The summed E-state index contributed by atoms with van der Waals surface area (Å²) in [6, 6.07) is 7.99. The first-order valence-electron chi connectivity index (χ1n) is 7.75. The van der Waals surface area contributed by atoms with Crippen molar-refractivity contribution in [2.75, 3.05) is 5.73 Å². The summed E-state index contributed by atoms with van der Waals surface area (Å²) in [7, 11) is 0. The van der Waals surface area contributed by atoms with Crippen molar-refractivity contribution in [3.05, 3.63) is 30.1 Å². The summed E-state index contributed by atoms with van der Waals surface area (Å²) in [4.78, 5) is 14.4. The minimum atomic E-state index is 0.305. The van der Waals surface area contributed by atoms with Crippen molar-refractivity contribution in [1.29, 1.82) is 0 Å². The maximum atomic E-state index is 6.13. The van der Waals surface area contributed by atoms with Gasteiger partial charge in [-0.3, -0.25) is 0 Å². The predicted octanol–water partition coefficient (Wildman–Crippen LogP) is 3.35. The van der Waals surface area contributed by atoms with Gasteiger partial charge in [0.25, 0.3) is 0 Å². The van der Waals surface area contributed by atoms with E-state index < -0.39 is 0 Å². The number of nitrogens with two attached hydrogens (primary N) is 1. The van der Waals surface area contributed by atoms with Crippen molar-refractivity contribution < 1.29 is 4.84 Å². The maximum absolute atomic E-state index is 6.13. The Labute approximate surface area is 135 Å². The van der Waals surface area contributed by atoms with Crippen LogP contribution in [0.25, 0.3) is 21.9 Å². The number of pyridine rings is 1. The molecule has 3 rings (SSSR count). The molecular formula is C17H21N5O. The predicted molar refractivity (Wildman–Crippen MR) is 93.2 cm³/mol. The molecule has 0 unspecified atom stereocenters. The van der Waals surface area contributed by atoms with Crippen molar-refractivity contribution >= 4 is 34.0 Å². The fourth-order valence-corrected chi connectivity index (χ4v) is 2.75. The number of anilines is 1. The van der Waals surface area contributed by atoms with Crippen molar-refractivity contribution in [2.45, 2.75) is 33.9 Å². The number of hydrogen-bond acceptors (Lipinski definition) is 5. The molecule has 0 aliphatic heterocycles. The Balaban J connectivity index is 2.27. The summed E-state index contributed by atoms with van der Waals surface area (Å²) in [5, 5.41) is 4.87. The first kappa shape index (κ1) is 15.3. The second-order valence-corrected chi connectivity index (χ2v) is 5.88. The molecule has 6 heteroatoms. The molecule has 3 aromatic rings. The van der Waals surface area contributed by atoms with Gasteiger partial charge in [0.05, 0.1) is 11.0 Å². The molecule has 1 aromatic carbocycles. The van der Waals surface area contributed by atoms with Gasteiger partial charge < -0.3 is 15.1 Å². The monoisotopic (exact) mass is 311 g/mol. The van der Waals surface area contributed by atoms with Gasteiger partial charge >= 0.3 is 0 Å². The van der Waals surface area contributed by atoms with Gasteiger partial charge in [-0.15, -0.1) is 0 Å². The molecule has 0 bridgehead atoms. The minimum absolute atomic E-state index is 0.305. The first-order valence-corrected chi connectivity index (χ1v) is 7.75. The fraction of sp³-hybridized carbons (Fsp3) is 0.353. The molecule has 23 heavy (non-hydrogen) atoms. The zero-order chi connectivity index (χ0) is 16.4. The van der Waals surface area contributed by atoms with E-state index in [4.69, 9.17) is 10.6 Å². The van der Waals surface area contributed by atoms with Crippen LogP contribution in [0, 0.1) is 5.92 Å². The highest BCUT2D eigenvalue weighted by Crippen LogP contribution is 2.29. The molecule has 0 atom stereocenters. The average molecular weight is 311 g/mol. The minimum Gasteiger partial charge on any atom is -0.388 e. The Kier molecular flexibility index (Phi) is 4.14. The number of nitrogens with zero attached hydrogens (tertiary/aromatic N) is 4. The lowest BCUT2D eigenvalue weighted by atomic mass is 10.1. The molecule has 0 saturated carbocycles. The van der Waals surface area contributed by atoms with Gasteiger partial charge in [-0.1, -0.05) is 37.2 Å². The third kappa shape index (κ3) is 2.84. The van der Waals surface area contributed by atoms with Crippen molar-refractivity contribution in [3.8, 4) is 0 Å². The van der Waals surface area contributed by atoms with Gasteiger partial charge in [0.15, 0.2) is 18.2 Å². The molecule has 0 radical (unpaired) electrons. The Hall–Kier alpha value is -2.63. The van der Waals surface area contributed by atoms with Gasteiger partial charge in [-0.05, 0) is 18.9 Å². The number of nitrogen functional groups attached to an aromatic ring is 1. The standard InChI is InChI=1S/C17H21N5O/c1-4-19-23-10-14-21-15-16(22(14)9-11(2)3)12-7-5-6-8-13(12)20-17(15)18/h4-8,11H,9-10H2,1-3H3,(H2,18,20)/b19-4+. The highest BCUT2D eigenvalue weighted by molar-refractivity contribution is 6.06. The van der Waals surface area contributed by atoms with E-state index in [-0.39, 0.29) is 0 Å². The lowest BCUT2D eigenvalue weighted by Crippen LogP contribution is -2.09. The van der Waals surface area contributed by atoms with E-state index in [1.807, 2.05) is 25.1 Å². The molecular weight excluding hydrogens is 290 g/mol. The molecule has 0 aliphatic carbocycles. The number of rotatable bonds is 5. The lowest BCUT2D eigenvalue weighted by Gasteiger charge is -2.12. The second kappa shape index (κ2) is 6.24. The van der Waals surface area contributed by atoms with Gasteiger partial charge in [0.2, 0.25) is 0 Å². The summed E-state index contributed by atoms with van der Waals surface area (Å²) < 4.78 is 2.17. The summed E-state index contributed by atoms with van der Waals surface area (Å²) in [6.07, 6.45) is 1.61. The Morgan fingerprint density at radius 1 is 1.30 bits per heavy atom. The van der Waals surface area contributed by atoms with E-state index in [0.29, 0.717) is 18.3 Å². The van der Waals surface area contributed by atoms with Crippen molar-refractivity contribution in [3.63, 3.8) is 0 Å². The second-order valence-electron chi connectivity index (χ2n) is 5.88. The van der Waals surface area contributed by atoms with Gasteiger partial charge in [-0.2, -0.15) is 0 Å². The van der Waals surface area contributed by atoms with E-state index in [2.05, 4.69) is 39.6 Å². The quantitative estimate of drug-likeness (QED) is 0.579. The van der Waals surface area contributed by atoms with Crippen LogP contribution in [0.1, 0.15) is 26.6 Å². The van der Waals surface area contributed by atoms with Crippen LogP contribution < -0.4 is 5.73 Å². The molecule has 0 amide bonds. The summed E-state index contributed by atoms with van der Waals surface area (Å²) in [5.74, 6) is 1.72. The van der Waals surface area contributed by atoms with Gasteiger partial charge in [0, 0.05) is 18.1 Å². The lowest BCUT2D eigenvalue weighted by molar-refractivity contribution is 0.123. The molecule has 2 aromatic heterocycles. The molecule has 6 nitrogen and oxygen atoms in total. The van der Waals surface area contributed by atoms with Crippen LogP contribution >= 0.6 is 0 Å². The number of fused-ring (bicyclic) bond motifs is 3. The summed E-state index contributed by atoms with van der Waals surface area (Å²) in [6.45, 7) is 7.30.